The normalized spacial score (nSPS) is 10.4. The number of halogens is 2. The summed E-state index contributed by atoms with van der Waals surface area (Å²) >= 11 is 5.78. The molecule has 1 aromatic rings. The molecule has 3 heteroatoms. The van der Waals surface area contributed by atoms with Crippen LogP contribution in [0.1, 0.15) is 5.56 Å². The molecule has 1 rings (SSSR count). The van der Waals surface area contributed by atoms with Crippen molar-refractivity contribution in [3.63, 3.8) is 0 Å². The maximum Gasteiger partial charge on any atom is 0.124 e. The van der Waals surface area contributed by atoms with Crippen molar-refractivity contribution >= 4 is 21.8 Å². The van der Waals surface area contributed by atoms with Crippen LogP contribution in [-0.4, -0.2) is 10.2 Å². The maximum absolute atomic E-state index is 12.5. The topological polar surface area (TPSA) is 0 Å². The second-order valence-electron chi connectivity index (χ2n) is 2.49. The van der Waals surface area contributed by atoms with Crippen LogP contribution in [0.15, 0.2) is 18.2 Å². The second-order valence-corrected chi connectivity index (χ2v) is 3.89. The lowest BCUT2D eigenvalue weighted by Crippen LogP contribution is -1.86. The third-order valence-electron chi connectivity index (χ3n) is 1.53. The van der Waals surface area contributed by atoms with Crippen LogP contribution in [-0.2, 0) is 6.42 Å². The van der Waals surface area contributed by atoms with Crippen molar-refractivity contribution in [3.05, 3.63) is 34.6 Å². The standard InChI is InChI=1S/C8H10ClFSi/c9-8-5-7(10)2-1-6(8)3-4-11/h1-2,5H,3-4H2,11H3. The molecule has 0 radical (unpaired) electrons. The molecule has 0 saturated heterocycles. The van der Waals surface area contributed by atoms with E-state index in [4.69, 9.17) is 11.6 Å². The molecule has 0 aliphatic heterocycles. The van der Waals surface area contributed by atoms with Gasteiger partial charge in [-0.1, -0.05) is 23.7 Å². The largest absolute Gasteiger partial charge is 0.207 e. The Hall–Kier alpha value is -0.343. The molecular weight excluding hydrogens is 179 g/mol. The SMILES string of the molecule is Fc1ccc(CC[SiH3])c(Cl)c1. The van der Waals surface area contributed by atoms with Crippen LogP contribution in [0.25, 0.3) is 0 Å². The molecule has 1 aromatic carbocycles. The number of hydrogen-bond donors (Lipinski definition) is 0. The first kappa shape index (κ1) is 8.75. The van der Waals surface area contributed by atoms with Crippen molar-refractivity contribution in [1.29, 1.82) is 0 Å². The van der Waals surface area contributed by atoms with Crippen molar-refractivity contribution in [2.75, 3.05) is 0 Å². The van der Waals surface area contributed by atoms with E-state index >= 15 is 0 Å². The van der Waals surface area contributed by atoms with Gasteiger partial charge in [-0.05, 0) is 24.1 Å². The molecule has 0 unspecified atom stereocenters. The molecule has 0 aliphatic carbocycles. The Morgan fingerprint density at radius 1 is 1.45 bits per heavy atom. The highest BCUT2D eigenvalue weighted by Gasteiger charge is 1.99. The molecule has 0 N–H and O–H groups in total. The van der Waals surface area contributed by atoms with Gasteiger partial charge in [0.15, 0.2) is 0 Å². The fourth-order valence-corrected chi connectivity index (χ4v) is 1.79. The van der Waals surface area contributed by atoms with Gasteiger partial charge in [0.2, 0.25) is 0 Å². The minimum atomic E-state index is -0.257. The molecule has 0 bridgehead atoms. The van der Waals surface area contributed by atoms with Gasteiger partial charge in [0.1, 0.15) is 5.82 Å². The van der Waals surface area contributed by atoms with Crippen molar-refractivity contribution in [1.82, 2.24) is 0 Å². The van der Waals surface area contributed by atoms with Gasteiger partial charge in [-0.15, -0.1) is 0 Å². The zero-order valence-electron chi connectivity index (χ0n) is 6.40. The van der Waals surface area contributed by atoms with Gasteiger partial charge in [-0.3, -0.25) is 0 Å². The van der Waals surface area contributed by atoms with E-state index in [1.807, 2.05) is 0 Å². The van der Waals surface area contributed by atoms with E-state index in [0.29, 0.717) is 5.02 Å². The van der Waals surface area contributed by atoms with Crippen LogP contribution >= 0.6 is 11.6 Å². The molecule has 0 spiro atoms. The minimum absolute atomic E-state index is 0.257. The van der Waals surface area contributed by atoms with E-state index in [1.165, 1.54) is 28.4 Å². The van der Waals surface area contributed by atoms with Crippen molar-refractivity contribution < 1.29 is 4.39 Å². The maximum atomic E-state index is 12.5. The average molecular weight is 189 g/mol. The average Bonchev–Trinajstić information content (AvgIpc) is 1.95. The van der Waals surface area contributed by atoms with E-state index in [-0.39, 0.29) is 5.82 Å². The lowest BCUT2D eigenvalue weighted by atomic mass is 10.2. The molecule has 0 amide bonds. The van der Waals surface area contributed by atoms with E-state index in [2.05, 4.69) is 0 Å². The monoisotopic (exact) mass is 188 g/mol. The van der Waals surface area contributed by atoms with E-state index in [0.717, 1.165) is 12.0 Å². The van der Waals surface area contributed by atoms with Gasteiger partial charge in [-0.2, -0.15) is 0 Å². The van der Waals surface area contributed by atoms with Crippen molar-refractivity contribution in [2.24, 2.45) is 0 Å². The zero-order valence-corrected chi connectivity index (χ0v) is 9.16. The van der Waals surface area contributed by atoms with E-state index in [1.54, 1.807) is 6.07 Å². The van der Waals surface area contributed by atoms with E-state index in [9.17, 15) is 4.39 Å². The van der Waals surface area contributed by atoms with Crippen LogP contribution < -0.4 is 0 Å². The molecular formula is C8H10ClFSi. The smallest absolute Gasteiger partial charge is 0.124 e. The summed E-state index contributed by atoms with van der Waals surface area (Å²) in [6, 6.07) is 5.76. The first-order chi connectivity index (χ1) is 5.24. The van der Waals surface area contributed by atoms with Gasteiger partial charge in [-0.25, -0.2) is 4.39 Å². The predicted molar refractivity (Wildman–Crippen MR) is 49.9 cm³/mol. The third-order valence-corrected chi connectivity index (χ3v) is 2.39. The van der Waals surface area contributed by atoms with Crippen molar-refractivity contribution in [3.8, 4) is 0 Å². The van der Waals surface area contributed by atoms with Gasteiger partial charge < -0.3 is 0 Å². The van der Waals surface area contributed by atoms with E-state index < -0.39 is 0 Å². The Labute approximate surface area is 73.8 Å². The van der Waals surface area contributed by atoms with Gasteiger partial charge in [0, 0.05) is 15.3 Å². The first-order valence-electron chi connectivity index (χ1n) is 3.68. The summed E-state index contributed by atoms with van der Waals surface area (Å²) in [7, 11) is 1.17. The van der Waals surface area contributed by atoms with Crippen molar-refractivity contribution in [2.45, 2.75) is 12.5 Å². The lowest BCUT2D eigenvalue weighted by molar-refractivity contribution is 0.627. The highest BCUT2D eigenvalue weighted by atomic mass is 35.5. The van der Waals surface area contributed by atoms with Gasteiger partial charge >= 0.3 is 0 Å². The molecule has 0 saturated carbocycles. The Bertz CT molecular complexity index is 250. The molecule has 0 aliphatic rings. The Balaban J connectivity index is 2.90. The Kier molecular flexibility index (Phi) is 3.09. The predicted octanol–water partition coefficient (Wildman–Crippen LogP) is 1.81. The van der Waals surface area contributed by atoms with Crippen LogP contribution in [0.4, 0.5) is 4.39 Å². The Morgan fingerprint density at radius 2 is 2.18 bits per heavy atom. The summed E-state index contributed by atoms with van der Waals surface area (Å²) < 4.78 is 12.5. The molecule has 0 fully saturated rings. The fourth-order valence-electron chi connectivity index (χ4n) is 0.994. The minimum Gasteiger partial charge on any atom is -0.207 e. The highest BCUT2D eigenvalue weighted by Crippen LogP contribution is 2.18. The van der Waals surface area contributed by atoms with Crippen LogP contribution in [0, 0.1) is 5.82 Å². The number of rotatable bonds is 2. The van der Waals surface area contributed by atoms with Crippen LogP contribution in [0.2, 0.25) is 11.1 Å². The second kappa shape index (κ2) is 3.88. The summed E-state index contributed by atoms with van der Waals surface area (Å²) in [6.07, 6.45) is 0.978. The number of hydrogen-bond acceptors (Lipinski definition) is 0. The molecule has 60 valence electrons. The van der Waals surface area contributed by atoms with Crippen LogP contribution in [0.3, 0.4) is 0 Å². The molecule has 0 nitrogen and oxygen atoms in total. The molecule has 11 heavy (non-hydrogen) atoms. The van der Waals surface area contributed by atoms with Gasteiger partial charge in [0.05, 0.1) is 0 Å². The summed E-state index contributed by atoms with van der Waals surface area (Å²) in [6.45, 7) is 0. The molecule has 0 aromatic heterocycles. The molecule has 0 heterocycles. The summed E-state index contributed by atoms with van der Waals surface area (Å²) in [5, 5.41) is 0.556. The van der Waals surface area contributed by atoms with Gasteiger partial charge in [0.25, 0.3) is 0 Å². The zero-order chi connectivity index (χ0) is 8.27. The first-order valence-corrected chi connectivity index (χ1v) is 5.47. The third kappa shape index (κ3) is 2.31. The number of benzene rings is 1. The summed E-state index contributed by atoms with van der Waals surface area (Å²) in [5.74, 6) is -0.257. The summed E-state index contributed by atoms with van der Waals surface area (Å²) in [5.41, 5.74) is 1.06. The number of aryl methyl sites for hydroxylation is 1. The lowest BCUT2D eigenvalue weighted by Gasteiger charge is -2.00. The quantitative estimate of drug-likeness (QED) is 0.622. The fraction of sp³-hybridized carbons (Fsp3) is 0.250. The summed E-state index contributed by atoms with van der Waals surface area (Å²) in [4.78, 5) is 0. The molecule has 0 atom stereocenters. The Morgan fingerprint density at radius 3 is 2.73 bits per heavy atom. The highest BCUT2D eigenvalue weighted by molar-refractivity contribution is 6.31. The van der Waals surface area contributed by atoms with Crippen LogP contribution in [0.5, 0.6) is 0 Å².